The fourth-order valence-electron chi connectivity index (χ4n) is 1.94. The molecule has 0 saturated carbocycles. The van der Waals surface area contributed by atoms with Gasteiger partial charge in [0.1, 0.15) is 5.82 Å². The first-order chi connectivity index (χ1) is 9.10. The van der Waals surface area contributed by atoms with Crippen molar-refractivity contribution in [3.05, 3.63) is 69.5 Å². The molecule has 5 heteroatoms. The van der Waals surface area contributed by atoms with E-state index < -0.39 is 0 Å². The fourth-order valence-corrected chi connectivity index (χ4v) is 2.45. The van der Waals surface area contributed by atoms with E-state index in [1.807, 2.05) is 18.2 Å². The highest BCUT2D eigenvalue weighted by Crippen LogP contribution is 2.26. The number of rotatable bonds is 4. The molecule has 0 radical (unpaired) electrons. The minimum absolute atomic E-state index is 0.202. The van der Waals surface area contributed by atoms with Crippen LogP contribution in [0.4, 0.5) is 4.39 Å². The maximum Gasteiger partial charge on any atom is 0.124 e. The Morgan fingerprint density at radius 3 is 2.58 bits per heavy atom. The molecule has 2 rings (SSSR count). The summed E-state index contributed by atoms with van der Waals surface area (Å²) in [6.07, 6.45) is 0.614. The topological polar surface area (TPSA) is 38.0 Å². The number of hydrogen-bond donors (Lipinski definition) is 2. The summed E-state index contributed by atoms with van der Waals surface area (Å²) in [5.41, 5.74) is 4.48. The molecule has 0 saturated heterocycles. The number of halogens is 3. The van der Waals surface area contributed by atoms with E-state index in [1.54, 1.807) is 12.1 Å². The molecule has 0 aliphatic rings. The Labute approximate surface area is 121 Å². The Morgan fingerprint density at radius 2 is 1.95 bits per heavy atom. The van der Waals surface area contributed by atoms with Crippen LogP contribution in [0.1, 0.15) is 17.2 Å². The van der Waals surface area contributed by atoms with Crippen molar-refractivity contribution in [2.45, 2.75) is 12.5 Å². The van der Waals surface area contributed by atoms with Crippen molar-refractivity contribution in [2.24, 2.45) is 5.84 Å². The predicted octanol–water partition coefficient (Wildman–Crippen LogP) is 3.88. The number of nitrogens with two attached hydrogens (primary N) is 1. The van der Waals surface area contributed by atoms with Crippen LogP contribution < -0.4 is 11.3 Å². The van der Waals surface area contributed by atoms with E-state index in [-0.39, 0.29) is 11.9 Å². The van der Waals surface area contributed by atoms with Crippen molar-refractivity contribution >= 4 is 23.2 Å². The first-order valence-corrected chi connectivity index (χ1v) is 6.51. The molecule has 1 atom stereocenters. The Hall–Kier alpha value is -1.13. The van der Waals surface area contributed by atoms with E-state index in [0.717, 1.165) is 11.1 Å². The van der Waals surface area contributed by atoms with Crippen LogP contribution in [0.3, 0.4) is 0 Å². The number of nitrogens with one attached hydrogen (secondary N) is 1. The highest BCUT2D eigenvalue weighted by Gasteiger charge is 2.14. The average Bonchev–Trinajstić information content (AvgIpc) is 2.37. The third-order valence-electron chi connectivity index (χ3n) is 2.87. The van der Waals surface area contributed by atoms with Gasteiger partial charge in [0.2, 0.25) is 0 Å². The summed E-state index contributed by atoms with van der Waals surface area (Å²) in [7, 11) is 0. The summed E-state index contributed by atoms with van der Waals surface area (Å²) in [6.45, 7) is 0. The summed E-state index contributed by atoms with van der Waals surface area (Å²) in [6, 6.07) is 11.6. The highest BCUT2D eigenvalue weighted by atomic mass is 35.5. The SMILES string of the molecule is NNC(Cc1cccc(Cl)c1)c1ccc(F)cc1Cl. The lowest BCUT2D eigenvalue weighted by atomic mass is 9.99. The normalized spacial score (nSPS) is 12.4. The van der Waals surface area contributed by atoms with E-state index in [2.05, 4.69) is 5.43 Å². The van der Waals surface area contributed by atoms with Crippen LogP contribution in [0.2, 0.25) is 10.0 Å². The van der Waals surface area contributed by atoms with Gasteiger partial charge in [-0.1, -0.05) is 41.4 Å². The molecule has 100 valence electrons. The second kappa shape index (κ2) is 6.35. The van der Waals surface area contributed by atoms with Gasteiger partial charge in [-0.2, -0.15) is 0 Å². The third kappa shape index (κ3) is 3.67. The van der Waals surface area contributed by atoms with E-state index in [1.165, 1.54) is 12.1 Å². The monoisotopic (exact) mass is 298 g/mol. The lowest BCUT2D eigenvalue weighted by Crippen LogP contribution is -2.29. The summed E-state index contributed by atoms with van der Waals surface area (Å²) in [4.78, 5) is 0. The lowest BCUT2D eigenvalue weighted by molar-refractivity contribution is 0.549. The second-order valence-corrected chi connectivity index (χ2v) is 5.06. The number of hydrazine groups is 1. The van der Waals surface area contributed by atoms with Gasteiger partial charge in [0, 0.05) is 10.0 Å². The summed E-state index contributed by atoms with van der Waals surface area (Å²) in [5, 5.41) is 1.02. The Kier molecular flexibility index (Phi) is 4.77. The zero-order valence-electron chi connectivity index (χ0n) is 10.0. The van der Waals surface area contributed by atoms with Crippen molar-refractivity contribution in [3.8, 4) is 0 Å². The summed E-state index contributed by atoms with van der Waals surface area (Å²) < 4.78 is 13.0. The standard InChI is InChI=1S/C14H13Cl2FN2/c15-10-3-1-2-9(6-10)7-14(19-18)12-5-4-11(17)8-13(12)16/h1-6,8,14,19H,7,18H2. The zero-order valence-corrected chi connectivity index (χ0v) is 11.5. The van der Waals surface area contributed by atoms with Crippen molar-refractivity contribution in [3.63, 3.8) is 0 Å². The quantitative estimate of drug-likeness (QED) is 0.664. The fraction of sp³-hybridized carbons (Fsp3) is 0.143. The van der Waals surface area contributed by atoms with Crippen LogP contribution in [0.15, 0.2) is 42.5 Å². The van der Waals surface area contributed by atoms with Crippen molar-refractivity contribution in [1.29, 1.82) is 0 Å². The van der Waals surface area contributed by atoms with Gasteiger partial charge in [-0.15, -0.1) is 0 Å². The van der Waals surface area contributed by atoms with Gasteiger partial charge >= 0.3 is 0 Å². The molecule has 2 aromatic carbocycles. The van der Waals surface area contributed by atoms with Gasteiger partial charge in [-0.25, -0.2) is 4.39 Å². The maximum absolute atomic E-state index is 13.0. The molecule has 0 aliphatic heterocycles. The molecule has 0 amide bonds. The van der Waals surface area contributed by atoms with Crippen LogP contribution in [-0.4, -0.2) is 0 Å². The van der Waals surface area contributed by atoms with Gasteiger partial charge in [-0.05, 0) is 41.8 Å². The first-order valence-electron chi connectivity index (χ1n) is 5.75. The third-order valence-corrected chi connectivity index (χ3v) is 3.43. The smallest absolute Gasteiger partial charge is 0.124 e. The largest absolute Gasteiger partial charge is 0.271 e. The molecule has 2 aromatic rings. The molecule has 0 aromatic heterocycles. The van der Waals surface area contributed by atoms with Crippen LogP contribution in [0, 0.1) is 5.82 Å². The minimum atomic E-state index is -0.368. The Morgan fingerprint density at radius 1 is 1.16 bits per heavy atom. The molecule has 0 fully saturated rings. The average molecular weight is 299 g/mol. The van der Waals surface area contributed by atoms with E-state index >= 15 is 0 Å². The molecular formula is C14H13Cl2FN2. The lowest BCUT2D eigenvalue weighted by Gasteiger charge is -2.18. The number of benzene rings is 2. The Bertz CT molecular complexity index is 575. The van der Waals surface area contributed by atoms with E-state index in [0.29, 0.717) is 16.5 Å². The van der Waals surface area contributed by atoms with Gasteiger partial charge in [0.15, 0.2) is 0 Å². The van der Waals surface area contributed by atoms with Crippen molar-refractivity contribution in [1.82, 2.24) is 5.43 Å². The molecule has 0 aliphatic carbocycles. The highest BCUT2D eigenvalue weighted by molar-refractivity contribution is 6.31. The molecule has 19 heavy (non-hydrogen) atoms. The maximum atomic E-state index is 13.0. The van der Waals surface area contributed by atoms with Crippen LogP contribution in [0.5, 0.6) is 0 Å². The summed E-state index contributed by atoms with van der Waals surface area (Å²) in [5.74, 6) is 5.19. The molecule has 0 spiro atoms. The predicted molar refractivity (Wildman–Crippen MR) is 76.6 cm³/mol. The van der Waals surface area contributed by atoms with Gasteiger partial charge in [0.05, 0.1) is 6.04 Å². The first kappa shape index (κ1) is 14.3. The van der Waals surface area contributed by atoms with Crippen LogP contribution >= 0.6 is 23.2 Å². The number of hydrogen-bond acceptors (Lipinski definition) is 2. The van der Waals surface area contributed by atoms with E-state index in [9.17, 15) is 4.39 Å². The van der Waals surface area contributed by atoms with Crippen molar-refractivity contribution < 1.29 is 4.39 Å². The zero-order chi connectivity index (χ0) is 13.8. The molecular weight excluding hydrogens is 286 g/mol. The molecule has 1 unspecified atom stereocenters. The van der Waals surface area contributed by atoms with Gasteiger partial charge < -0.3 is 0 Å². The molecule has 2 nitrogen and oxygen atoms in total. The van der Waals surface area contributed by atoms with Crippen molar-refractivity contribution in [2.75, 3.05) is 0 Å². The van der Waals surface area contributed by atoms with Crippen LogP contribution in [-0.2, 0) is 6.42 Å². The summed E-state index contributed by atoms with van der Waals surface area (Å²) >= 11 is 12.0. The van der Waals surface area contributed by atoms with Gasteiger partial charge in [0.25, 0.3) is 0 Å². The minimum Gasteiger partial charge on any atom is -0.271 e. The molecule has 3 N–H and O–H groups in total. The van der Waals surface area contributed by atoms with Gasteiger partial charge in [-0.3, -0.25) is 11.3 Å². The molecule has 0 bridgehead atoms. The van der Waals surface area contributed by atoms with Crippen LogP contribution in [0.25, 0.3) is 0 Å². The second-order valence-electron chi connectivity index (χ2n) is 4.22. The molecule has 0 heterocycles. The Balaban J connectivity index is 2.25. The van der Waals surface area contributed by atoms with E-state index in [4.69, 9.17) is 29.0 Å².